The Morgan fingerprint density at radius 2 is 2.23 bits per heavy atom. The molecule has 74 valence electrons. The first-order valence-electron chi connectivity index (χ1n) is 5.14. The Bertz CT molecular complexity index is 230. The van der Waals surface area contributed by atoms with Gasteiger partial charge in [0.1, 0.15) is 0 Å². The third kappa shape index (κ3) is 3.49. The van der Waals surface area contributed by atoms with Gasteiger partial charge in [0.25, 0.3) is 0 Å². The van der Waals surface area contributed by atoms with Crippen LogP contribution in [0.2, 0.25) is 0 Å². The molecule has 0 aliphatic heterocycles. The van der Waals surface area contributed by atoms with Crippen molar-refractivity contribution in [3.8, 4) is 0 Å². The van der Waals surface area contributed by atoms with E-state index in [-0.39, 0.29) is 0 Å². The van der Waals surface area contributed by atoms with Gasteiger partial charge in [0.15, 0.2) is 5.95 Å². The van der Waals surface area contributed by atoms with Crippen LogP contribution in [0, 0.1) is 0 Å². The first-order valence-corrected chi connectivity index (χ1v) is 5.14. The number of hydrogen-bond donors (Lipinski definition) is 2. The van der Waals surface area contributed by atoms with Crippen molar-refractivity contribution in [1.29, 1.82) is 0 Å². The maximum Gasteiger partial charge on any atom is 0.200 e. The number of anilines is 1. The predicted molar refractivity (Wildman–Crippen MR) is 56.0 cm³/mol. The molecule has 0 spiro atoms. The summed E-state index contributed by atoms with van der Waals surface area (Å²) in [5.41, 5.74) is 1.19. The van der Waals surface area contributed by atoms with E-state index in [0.717, 1.165) is 18.9 Å². The number of aromatic amines is 1. The second-order valence-corrected chi connectivity index (χ2v) is 3.24. The van der Waals surface area contributed by atoms with Crippen molar-refractivity contribution in [2.75, 3.05) is 11.9 Å². The van der Waals surface area contributed by atoms with Gasteiger partial charge in [-0.15, -0.1) is 0 Å². The number of nitrogens with one attached hydrogen (secondary N) is 2. The maximum absolute atomic E-state index is 4.22. The topological polar surface area (TPSA) is 40.7 Å². The maximum atomic E-state index is 4.22. The van der Waals surface area contributed by atoms with Gasteiger partial charge in [-0.3, -0.25) is 0 Å². The Morgan fingerprint density at radius 3 is 2.85 bits per heavy atom. The molecule has 0 atom stereocenters. The van der Waals surface area contributed by atoms with Gasteiger partial charge in [-0.1, -0.05) is 26.7 Å². The Hall–Kier alpha value is -0.990. The highest BCUT2D eigenvalue weighted by molar-refractivity contribution is 5.25. The van der Waals surface area contributed by atoms with Crippen LogP contribution >= 0.6 is 0 Å². The van der Waals surface area contributed by atoms with Crippen molar-refractivity contribution >= 4 is 5.95 Å². The predicted octanol–water partition coefficient (Wildman–Crippen LogP) is 2.57. The van der Waals surface area contributed by atoms with Gasteiger partial charge in [-0.25, -0.2) is 4.98 Å². The third-order valence-electron chi connectivity index (χ3n) is 2.08. The van der Waals surface area contributed by atoms with Gasteiger partial charge in [0, 0.05) is 12.2 Å². The molecule has 0 unspecified atom stereocenters. The number of aromatic nitrogens is 2. The van der Waals surface area contributed by atoms with Crippen molar-refractivity contribution < 1.29 is 0 Å². The summed E-state index contributed by atoms with van der Waals surface area (Å²) in [6, 6.07) is 0. The minimum absolute atomic E-state index is 0.910. The van der Waals surface area contributed by atoms with E-state index in [9.17, 15) is 0 Å². The van der Waals surface area contributed by atoms with Crippen LogP contribution in [0.25, 0.3) is 0 Å². The average molecular weight is 181 g/mol. The zero-order valence-electron chi connectivity index (χ0n) is 8.56. The summed E-state index contributed by atoms with van der Waals surface area (Å²) in [4.78, 5) is 7.44. The number of unbranched alkanes of at least 4 members (excludes halogenated alkanes) is 2. The zero-order valence-corrected chi connectivity index (χ0v) is 8.56. The van der Waals surface area contributed by atoms with Crippen LogP contribution < -0.4 is 5.32 Å². The van der Waals surface area contributed by atoms with Crippen molar-refractivity contribution in [3.05, 3.63) is 11.9 Å². The fourth-order valence-electron chi connectivity index (χ4n) is 1.21. The summed E-state index contributed by atoms with van der Waals surface area (Å²) in [6.45, 7) is 5.35. The quantitative estimate of drug-likeness (QED) is 0.662. The van der Waals surface area contributed by atoms with E-state index in [1.54, 1.807) is 0 Å². The lowest BCUT2D eigenvalue weighted by Crippen LogP contribution is -2.02. The number of imidazole rings is 1. The standard InChI is InChI=1S/C10H19N3/c1-3-5-6-7-11-10-12-8-9(4-2)13-10/h8H,3-7H2,1-2H3,(H2,11,12,13). The van der Waals surface area contributed by atoms with E-state index in [1.807, 2.05) is 6.20 Å². The summed E-state index contributed by atoms with van der Waals surface area (Å²) >= 11 is 0. The molecule has 0 fully saturated rings. The first-order chi connectivity index (χ1) is 6.36. The molecule has 0 aliphatic carbocycles. The molecule has 3 nitrogen and oxygen atoms in total. The minimum Gasteiger partial charge on any atom is -0.356 e. The van der Waals surface area contributed by atoms with Gasteiger partial charge < -0.3 is 10.3 Å². The SMILES string of the molecule is CCCCCNc1ncc(CC)[nH]1. The fraction of sp³-hybridized carbons (Fsp3) is 0.700. The van der Waals surface area contributed by atoms with E-state index >= 15 is 0 Å². The lowest BCUT2D eigenvalue weighted by Gasteiger charge is -2.00. The molecular weight excluding hydrogens is 162 g/mol. The van der Waals surface area contributed by atoms with Gasteiger partial charge in [-0.05, 0) is 12.8 Å². The van der Waals surface area contributed by atoms with Crippen molar-refractivity contribution in [2.24, 2.45) is 0 Å². The number of aryl methyl sites for hydroxylation is 1. The molecule has 0 aliphatic rings. The number of H-pyrrole nitrogens is 1. The van der Waals surface area contributed by atoms with E-state index in [1.165, 1.54) is 25.0 Å². The molecule has 0 bridgehead atoms. The van der Waals surface area contributed by atoms with Gasteiger partial charge in [0.05, 0.1) is 6.20 Å². The van der Waals surface area contributed by atoms with Crippen LogP contribution in [0.5, 0.6) is 0 Å². The molecule has 1 aromatic heterocycles. The summed E-state index contributed by atoms with van der Waals surface area (Å²) in [6.07, 6.45) is 6.68. The van der Waals surface area contributed by atoms with Gasteiger partial charge >= 0.3 is 0 Å². The molecule has 2 N–H and O–H groups in total. The van der Waals surface area contributed by atoms with Crippen LogP contribution in [-0.2, 0) is 6.42 Å². The molecule has 0 saturated carbocycles. The molecule has 0 radical (unpaired) electrons. The highest BCUT2D eigenvalue weighted by atomic mass is 15.1. The average Bonchev–Trinajstić information content (AvgIpc) is 2.60. The lowest BCUT2D eigenvalue weighted by atomic mass is 10.2. The minimum atomic E-state index is 0.910. The third-order valence-corrected chi connectivity index (χ3v) is 2.08. The normalized spacial score (nSPS) is 10.3. The summed E-state index contributed by atoms with van der Waals surface area (Å²) < 4.78 is 0. The molecule has 1 rings (SSSR count). The van der Waals surface area contributed by atoms with E-state index in [0.29, 0.717) is 0 Å². The molecule has 0 aromatic carbocycles. The molecule has 3 heteroatoms. The lowest BCUT2D eigenvalue weighted by molar-refractivity contribution is 0.741. The van der Waals surface area contributed by atoms with Crippen molar-refractivity contribution in [3.63, 3.8) is 0 Å². The number of nitrogens with zero attached hydrogens (tertiary/aromatic N) is 1. The molecule has 1 aromatic rings. The molecular formula is C10H19N3. The Kier molecular flexibility index (Phi) is 4.36. The molecule has 1 heterocycles. The smallest absolute Gasteiger partial charge is 0.200 e. The van der Waals surface area contributed by atoms with Gasteiger partial charge in [0.2, 0.25) is 0 Å². The fourth-order valence-corrected chi connectivity index (χ4v) is 1.21. The monoisotopic (exact) mass is 181 g/mol. The zero-order chi connectivity index (χ0) is 9.52. The number of hydrogen-bond acceptors (Lipinski definition) is 2. The highest BCUT2D eigenvalue weighted by Gasteiger charge is 1.96. The second kappa shape index (κ2) is 5.62. The first kappa shape index (κ1) is 10.1. The van der Waals surface area contributed by atoms with E-state index in [2.05, 4.69) is 29.1 Å². The molecule has 0 amide bonds. The van der Waals surface area contributed by atoms with Crippen LogP contribution in [0.4, 0.5) is 5.95 Å². The van der Waals surface area contributed by atoms with E-state index < -0.39 is 0 Å². The molecule has 13 heavy (non-hydrogen) atoms. The Balaban J connectivity index is 2.20. The largest absolute Gasteiger partial charge is 0.356 e. The van der Waals surface area contributed by atoms with Crippen molar-refractivity contribution in [1.82, 2.24) is 9.97 Å². The second-order valence-electron chi connectivity index (χ2n) is 3.24. The van der Waals surface area contributed by atoms with E-state index in [4.69, 9.17) is 0 Å². The summed E-state index contributed by atoms with van der Waals surface area (Å²) in [7, 11) is 0. The van der Waals surface area contributed by atoms with Gasteiger partial charge in [-0.2, -0.15) is 0 Å². The van der Waals surface area contributed by atoms with Crippen molar-refractivity contribution in [2.45, 2.75) is 39.5 Å². The summed E-state index contributed by atoms with van der Waals surface area (Å²) in [5.74, 6) is 0.910. The van der Waals surface area contributed by atoms with Crippen LogP contribution in [0.15, 0.2) is 6.20 Å². The van der Waals surface area contributed by atoms with Crippen LogP contribution in [0.3, 0.4) is 0 Å². The Morgan fingerprint density at radius 1 is 1.38 bits per heavy atom. The van der Waals surface area contributed by atoms with Crippen LogP contribution in [-0.4, -0.2) is 16.5 Å². The number of rotatable bonds is 6. The van der Waals surface area contributed by atoms with Crippen LogP contribution in [0.1, 0.15) is 38.8 Å². The Labute approximate surface area is 80.0 Å². The summed E-state index contributed by atoms with van der Waals surface area (Å²) in [5, 5.41) is 3.27. The molecule has 0 saturated heterocycles. The highest BCUT2D eigenvalue weighted by Crippen LogP contribution is 2.03.